The lowest BCUT2D eigenvalue weighted by molar-refractivity contribution is -0.144. The second-order valence-corrected chi connectivity index (χ2v) is 16.4. The van der Waals surface area contributed by atoms with Gasteiger partial charge in [-0.3, -0.25) is 0 Å². The zero-order chi connectivity index (χ0) is 53.1. The molecule has 0 saturated heterocycles. The van der Waals surface area contributed by atoms with Gasteiger partial charge in [0.15, 0.2) is 11.2 Å². The van der Waals surface area contributed by atoms with Gasteiger partial charge in [0.1, 0.15) is 11.0 Å². The fraction of sp³-hybridized carbons (Fsp3) is 0.111. The highest BCUT2D eigenvalue weighted by Crippen LogP contribution is 2.50. The Labute approximate surface area is 408 Å². The summed E-state index contributed by atoms with van der Waals surface area (Å²) < 4.78 is 178. The fourth-order valence-electron chi connectivity index (χ4n) is 8.42. The van der Waals surface area contributed by atoms with Gasteiger partial charge in [-0.25, -0.2) is 9.97 Å². The van der Waals surface area contributed by atoms with Crippen molar-refractivity contribution in [3.8, 4) is 91.0 Å². The molecule has 0 spiro atoms. The molecule has 0 aliphatic rings. The van der Waals surface area contributed by atoms with Crippen molar-refractivity contribution in [2.45, 2.75) is 36.5 Å². The number of nitrogens with zero attached hydrogens (tertiary/aromatic N) is 6. The van der Waals surface area contributed by atoms with Crippen LogP contribution in [0.25, 0.3) is 89.0 Å². The maximum atomic E-state index is 13.8. The highest BCUT2D eigenvalue weighted by atomic mass is 19.4. The summed E-state index contributed by atoms with van der Waals surface area (Å²) in [6, 6.07) is 33.5. The molecule has 0 fully saturated rings. The molecule has 0 radical (unpaired) electrons. The molecule has 0 atom stereocenters. The Kier molecular flexibility index (Phi) is 12.3. The number of oxazole rings is 2. The molecule has 2 aromatic heterocycles. The van der Waals surface area contributed by atoms with E-state index in [4.69, 9.17) is 8.83 Å². The van der Waals surface area contributed by atoms with Crippen LogP contribution in [0.3, 0.4) is 0 Å². The van der Waals surface area contributed by atoms with Crippen LogP contribution in [0.1, 0.15) is 45.9 Å². The van der Waals surface area contributed by atoms with Gasteiger partial charge < -0.3 is 8.83 Å². The van der Waals surface area contributed by atoms with Crippen molar-refractivity contribution < 1.29 is 61.5 Å². The molecule has 0 unspecified atom stereocenters. The number of hydrogen-bond acceptors (Lipinski definition) is 8. The molecule has 8 nitrogen and oxygen atoms in total. The highest BCUT2D eigenvalue weighted by molar-refractivity contribution is 6.18. The maximum Gasteiger partial charge on any atom is 0.416 e. The van der Waals surface area contributed by atoms with Crippen molar-refractivity contribution in [3.05, 3.63) is 167 Å². The molecule has 20 heteroatoms. The molecule has 0 aliphatic carbocycles. The van der Waals surface area contributed by atoms with Crippen molar-refractivity contribution in [1.29, 1.82) is 21.0 Å². The topological polar surface area (TPSA) is 147 Å². The van der Waals surface area contributed by atoms with E-state index in [2.05, 4.69) is 9.97 Å². The van der Waals surface area contributed by atoms with E-state index >= 15 is 0 Å². The minimum absolute atomic E-state index is 0.00404. The fourth-order valence-corrected chi connectivity index (χ4v) is 8.42. The lowest BCUT2D eigenvalue weighted by Crippen LogP contribution is -2.11. The number of halogens is 12. The van der Waals surface area contributed by atoms with Gasteiger partial charge in [0.2, 0.25) is 23.6 Å². The van der Waals surface area contributed by atoms with Gasteiger partial charge in [0.25, 0.3) is 0 Å². The summed E-state index contributed by atoms with van der Waals surface area (Å²) in [6.45, 7) is 0. The molecule has 9 rings (SSSR count). The Hall–Kier alpha value is -9.40. The SMILES string of the molecule is N#CC(C#N)c1nc2c(-c3ccccc3-c3ccc(-c4cc(C(F)(F)F)cc(C(F)(F)F)c4)cc3)c3oc(C(C#N)C#N)nc3c(-c3ccccc3-c3ccc(-c4cc(C(F)(F)F)cc(C(F)(F)F)c4)cc3)c2o1. The van der Waals surface area contributed by atoms with Crippen molar-refractivity contribution in [1.82, 2.24) is 9.97 Å². The number of hydrogen-bond donors (Lipinski definition) is 0. The summed E-state index contributed by atoms with van der Waals surface area (Å²) in [5.74, 6) is -4.00. The van der Waals surface area contributed by atoms with E-state index in [1.165, 1.54) is 48.5 Å². The quantitative estimate of drug-likeness (QED) is 0.137. The van der Waals surface area contributed by atoms with E-state index in [1.807, 2.05) is 0 Å². The van der Waals surface area contributed by atoms with Crippen LogP contribution in [0.15, 0.2) is 142 Å². The largest absolute Gasteiger partial charge is 0.437 e. The highest BCUT2D eigenvalue weighted by Gasteiger charge is 2.39. The predicted octanol–water partition coefficient (Wildman–Crippen LogP) is 16.3. The van der Waals surface area contributed by atoms with Crippen LogP contribution >= 0.6 is 0 Å². The normalized spacial score (nSPS) is 12.2. The first-order valence-electron chi connectivity index (χ1n) is 21.4. The molecule has 0 bridgehead atoms. The van der Waals surface area contributed by atoms with E-state index in [1.54, 1.807) is 72.8 Å². The molecular formula is C54H24F12N6O2. The zero-order valence-electron chi connectivity index (χ0n) is 36.9. The Morgan fingerprint density at radius 1 is 0.351 bits per heavy atom. The summed E-state index contributed by atoms with van der Waals surface area (Å²) in [6.07, 6.45) is -20.4. The molecule has 0 aliphatic heterocycles. The van der Waals surface area contributed by atoms with Gasteiger partial charge in [0.05, 0.1) is 57.7 Å². The van der Waals surface area contributed by atoms with E-state index < -0.39 is 70.6 Å². The smallest absolute Gasteiger partial charge is 0.416 e. The van der Waals surface area contributed by atoms with E-state index in [-0.39, 0.29) is 78.8 Å². The third-order valence-corrected chi connectivity index (χ3v) is 11.9. The molecule has 0 N–H and O–H groups in total. The monoisotopic (exact) mass is 1020 g/mol. The molecule has 74 heavy (non-hydrogen) atoms. The standard InChI is InChI=1S/C54H24F12N6O2/c55-51(56,57)35-17-31(18-36(21-35)52(58,59)60)27-9-13-29(14-10-27)39-5-1-3-7-41(39)43-45-48(74-49(71-45)33(23-67)24-68)44(46-47(43)73-50(72-46)34(25-69)26-70)42-8-4-2-6-40(42)30-15-11-28(12-16-30)32-19-37(53(61,62)63)22-38(20-32)54(64,65)66/h1-22,33-34H. The third kappa shape index (κ3) is 9.21. The third-order valence-electron chi connectivity index (χ3n) is 11.9. The summed E-state index contributed by atoms with van der Waals surface area (Å²) in [4.78, 5) is 9.26. The van der Waals surface area contributed by atoms with Crippen molar-refractivity contribution in [3.63, 3.8) is 0 Å². The van der Waals surface area contributed by atoms with E-state index in [0.717, 1.165) is 0 Å². The van der Waals surface area contributed by atoms with Gasteiger partial charge in [-0.1, -0.05) is 97.1 Å². The first-order chi connectivity index (χ1) is 35.0. The number of alkyl halides is 12. The summed E-state index contributed by atoms with van der Waals surface area (Å²) in [7, 11) is 0. The van der Waals surface area contributed by atoms with Gasteiger partial charge in [-0.2, -0.15) is 73.7 Å². The van der Waals surface area contributed by atoms with E-state index in [9.17, 15) is 73.7 Å². The summed E-state index contributed by atoms with van der Waals surface area (Å²) in [5, 5.41) is 40.0. The summed E-state index contributed by atoms with van der Waals surface area (Å²) >= 11 is 0. The molecule has 366 valence electrons. The van der Waals surface area contributed by atoms with Crippen LogP contribution < -0.4 is 0 Å². The Balaban J connectivity index is 1.26. The van der Waals surface area contributed by atoms with E-state index in [0.29, 0.717) is 46.5 Å². The molecule has 7 aromatic carbocycles. The number of benzene rings is 7. The number of nitriles is 4. The second-order valence-electron chi connectivity index (χ2n) is 16.4. The van der Waals surface area contributed by atoms with Crippen LogP contribution in [0.5, 0.6) is 0 Å². The van der Waals surface area contributed by atoms with Gasteiger partial charge in [-0.15, -0.1) is 0 Å². The van der Waals surface area contributed by atoms with Crippen LogP contribution in [-0.4, -0.2) is 9.97 Å². The number of aromatic nitrogens is 2. The predicted molar refractivity (Wildman–Crippen MR) is 242 cm³/mol. The Morgan fingerprint density at radius 3 is 0.892 bits per heavy atom. The van der Waals surface area contributed by atoms with Crippen LogP contribution in [-0.2, 0) is 24.7 Å². The average molecular weight is 1020 g/mol. The molecule has 9 aromatic rings. The van der Waals surface area contributed by atoms with Crippen molar-refractivity contribution in [2.24, 2.45) is 0 Å². The zero-order valence-corrected chi connectivity index (χ0v) is 36.9. The first kappa shape index (κ1) is 49.6. The number of rotatable bonds is 8. The lowest BCUT2D eigenvalue weighted by Gasteiger charge is -2.16. The minimum atomic E-state index is -5.11. The average Bonchev–Trinajstić information content (AvgIpc) is 4.00. The van der Waals surface area contributed by atoms with Crippen LogP contribution in [0.4, 0.5) is 52.7 Å². The Bertz CT molecular complexity index is 3460. The van der Waals surface area contributed by atoms with Gasteiger partial charge >= 0.3 is 24.7 Å². The van der Waals surface area contributed by atoms with Crippen molar-refractivity contribution in [2.75, 3.05) is 0 Å². The lowest BCUT2D eigenvalue weighted by atomic mass is 9.88. The molecular weight excluding hydrogens is 993 g/mol. The summed E-state index contributed by atoms with van der Waals surface area (Å²) in [5.41, 5.74) is -5.08. The molecule has 0 amide bonds. The first-order valence-corrected chi connectivity index (χ1v) is 21.4. The minimum Gasteiger partial charge on any atom is -0.437 e. The van der Waals surface area contributed by atoms with Crippen LogP contribution in [0.2, 0.25) is 0 Å². The maximum absolute atomic E-state index is 13.8. The molecule has 0 saturated carbocycles. The van der Waals surface area contributed by atoms with Crippen molar-refractivity contribution >= 4 is 22.2 Å². The Morgan fingerprint density at radius 2 is 0.622 bits per heavy atom. The molecule has 2 heterocycles. The second kappa shape index (κ2) is 18.3. The van der Waals surface area contributed by atoms with Gasteiger partial charge in [-0.05, 0) is 92.0 Å². The number of fused-ring (bicyclic) bond motifs is 2. The van der Waals surface area contributed by atoms with Crippen LogP contribution in [0, 0.1) is 45.3 Å². The van der Waals surface area contributed by atoms with Gasteiger partial charge in [0, 0.05) is 0 Å².